The molecule has 0 spiro atoms. The first-order valence-corrected chi connectivity index (χ1v) is 10.3. The summed E-state index contributed by atoms with van der Waals surface area (Å²) in [6.07, 6.45) is -0.303. The number of hydrogen-bond donors (Lipinski definition) is 0. The lowest BCUT2D eigenvalue weighted by atomic mass is 9.76. The molecule has 0 unspecified atom stereocenters. The van der Waals surface area contributed by atoms with Crippen molar-refractivity contribution in [2.45, 2.75) is 26.2 Å². The second-order valence-electron chi connectivity index (χ2n) is 7.99. The standard InChI is InChI=1S/C25H26N2O5/c1-16(2)14-20(21(15-26(30)31)18-10-6-5-7-11-18)17(3)23-19-12-8-9-13-22(19)27(24(23)28)25(29)32-4/h5-13,20-21H,1,14-15H2,2-4H3/b23-17-/t20-,21-/m0/s1. The Morgan fingerprint density at radius 2 is 1.75 bits per heavy atom. The first-order chi connectivity index (χ1) is 15.3. The van der Waals surface area contributed by atoms with Gasteiger partial charge in [-0.05, 0) is 37.8 Å². The maximum absolute atomic E-state index is 13.4. The summed E-state index contributed by atoms with van der Waals surface area (Å²) in [7, 11) is 1.22. The fourth-order valence-corrected chi connectivity index (χ4v) is 4.35. The maximum atomic E-state index is 13.4. The van der Waals surface area contributed by atoms with E-state index in [-0.39, 0.29) is 17.4 Å². The number of fused-ring (bicyclic) bond motifs is 1. The molecule has 2 atom stereocenters. The van der Waals surface area contributed by atoms with Gasteiger partial charge in [0.1, 0.15) is 0 Å². The highest BCUT2D eigenvalue weighted by molar-refractivity contribution is 6.39. The number of para-hydroxylation sites is 1. The maximum Gasteiger partial charge on any atom is 0.421 e. The van der Waals surface area contributed by atoms with Crippen molar-refractivity contribution in [1.29, 1.82) is 0 Å². The van der Waals surface area contributed by atoms with E-state index in [0.29, 0.717) is 28.8 Å². The van der Waals surface area contributed by atoms with Crippen LogP contribution in [0.4, 0.5) is 10.5 Å². The predicted octanol–water partition coefficient (Wildman–Crippen LogP) is 5.22. The molecule has 0 saturated carbocycles. The zero-order valence-corrected chi connectivity index (χ0v) is 18.4. The molecule has 0 aromatic heterocycles. The number of anilines is 1. The van der Waals surface area contributed by atoms with Crippen LogP contribution in [0.2, 0.25) is 0 Å². The highest BCUT2D eigenvalue weighted by Gasteiger charge is 2.41. The molecule has 2 amide bonds. The Hall–Kier alpha value is -3.74. The molecule has 2 aromatic carbocycles. The van der Waals surface area contributed by atoms with Gasteiger partial charge in [0.2, 0.25) is 6.54 Å². The van der Waals surface area contributed by atoms with Crippen LogP contribution in [0, 0.1) is 16.0 Å². The number of nitrogens with zero attached hydrogens (tertiary/aromatic N) is 2. The van der Waals surface area contributed by atoms with Crippen LogP contribution in [-0.4, -0.2) is 30.6 Å². The molecule has 7 heteroatoms. The molecule has 3 rings (SSSR count). The zero-order valence-electron chi connectivity index (χ0n) is 18.4. The van der Waals surface area contributed by atoms with E-state index < -0.39 is 17.9 Å². The number of hydrogen-bond acceptors (Lipinski definition) is 5. The number of nitro groups is 1. The van der Waals surface area contributed by atoms with E-state index in [9.17, 15) is 19.7 Å². The van der Waals surface area contributed by atoms with Gasteiger partial charge >= 0.3 is 6.09 Å². The highest BCUT2D eigenvalue weighted by Crippen LogP contribution is 2.44. The van der Waals surface area contributed by atoms with Crippen LogP contribution in [-0.2, 0) is 9.53 Å². The molecule has 32 heavy (non-hydrogen) atoms. The SMILES string of the molecule is C=C(C)C[C@@H](/C(C)=C1\C(=O)N(C(=O)OC)c2ccccc21)[C@@H](C[N+](=O)[O-])c1ccccc1. The topological polar surface area (TPSA) is 89.8 Å². The number of ether oxygens (including phenoxy) is 1. The van der Waals surface area contributed by atoms with Crippen LogP contribution in [0.15, 0.2) is 72.3 Å². The fraction of sp³-hybridized carbons (Fsp3) is 0.280. The molecule has 7 nitrogen and oxygen atoms in total. The molecule has 0 aliphatic carbocycles. The summed E-state index contributed by atoms with van der Waals surface area (Å²) in [6.45, 7) is 7.41. The fourth-order valence-electron chi connectivity index (χ4n) is 4.35. The van der Waals surface area contributed by atoms with Crippen LogP contribution in [0.5, 0.6) is 0 Å². The van der Waals surface area contributed by atoms with Crippen LogP contribution in [0.1, 0.15) is 37.3 Å². The number of amides is 2. The molecule has 166 valence electrons. The summed E-state index contributed by atoms with van der Waals surface area (Å²) in [5.41, 5.74) is 3.79. The zero-order chi connectivity index (χ0) is 23.4. The molecule has 0 radical (unpaired) electrons. The lowest BCUT2D eigenvalue weighted by Gasteiger charge is -2.27. The van der Waals surface area contributed by atoms with Gasteiger partial charge in [0.05, 0.1) is 18.7 Å². The van der Waals surface area contributed by atoms with Gasteiger partial charge in [0, 0.05) is 16.1 Å². The predicted molar refractivity (Wildman–Crippen MR) is 123 cm³/mol. The van der Waals surface area contributed by atoms with Crippen molar-refractivity contribution in [1.82, 2.24) is 0 Å². The van der Waals surface area contributed by atoms with Crippen LogP contribution < -0.4 is 4.90 Å². The summed E-state index contributed by atoms with van der Waals surface area (Å²) in [5, 5.41) is 11.6. The number of allylic oxidation sites excluding steroid dienone is 2. The summed E-state index contributed by atoms with van der Waals surface area (Å²) in [4.78, 5) is 38.0. The first-order valence-electron chi connectivity index (χ1n) is 10.3. The summed E-state index contributed by atoms with van der Waals surface area (Å²) in [6, 6.07) is 16.3. The normalized spacial score (nSPS) is 16.2. The number of carbonyl (C=O) groups excluding carboxylic acids is 2. The molecule has 1 aliphatic heterocycles. The lowest BCUT2D eigenvalue weighted by molar-refractivity contribution is -0.484. The summed E-state index contributed by atoms with van der Waals surface area (Å²) in [5.74, 6) is -1.32. The lowest BCUT2D eigenvalue weighted by Crippen LogP contribution is -2.34. The molecule has 0 bridgehead atoms. The van der Waals surface area contributed by atoms with E-state index in [1.165, 1.54) is 7.11 Å². The third-order valence-electron chi connectivity index (χ3n) is 5.77. The Labute approximate surface area is 187 Å². The Bertz CT molecular complexity index is 1090. The monoisotopic (exact) mass is 434 g/mol. The van der Waals surface area contributed by atoms with Crippen molar-refractivity contribution in [3.8, 4) is 0 Å². The summed E-state index contributed by atoms with van der Waals surface area (Å²) >= 11 is 0. The Morgan fingerprint density at radius 3 is 2.34 bits per heavy atom. The second kappa shape index (κ2) is 9.60. The Morgan fingerprint density at radius 1 is 1.12 bits per heavy atom. The van der Waals surface area contributed by atoms with E-state index in [2.05, 4.69) is 6.58 Å². The molecule has 1 heterocycles. The van der Waals surface area contributed by atoms with E-state index in [4.69, 9.17) is 4.74 Å². The van der Waals surface area contributed by atoms with Crippen molar-refractivity contribution < 1.29 is 19.2 Å². The van der Waals surface area contributed by atoms with Gasteiger partial charge in [-0.25, -0.2) is 9.69 Å². The van der Waals surface area contributed by atoms with E-state index in [0.717, 1.165) is 16.0 Å². The van der Waals surface area contributed by atoms with Crippen LogP contribution in [0.25, 0.3) is 5.57 Å². The van der Waals surface area contributed by atoms with E-state index >= 15 is 0 Å². The average Bonchev–Trinajstić information content (AvgIpc) is 3.07. The largest absolute Gasteiger partial charge is 0.452 e. The Balaban J connectivity index is 2.21. The third-order valence-corrected chi connectivity index (χ3v) is 5.77. The van der Waals surface area contributed by atoms with Crippen molar-refractivity contribution in [3.63, 3.8) is 0 Å². The number of carbonyl (C=O) groups is 2. The van der Waals surface area contributed by atoms with E-state index in [1.54, 1.807) is 24.3 Å². The van der Waals surface area contributed by atoms with Crippen molar-refractivity contribution in [3.05, 3.63) is 93.6 Å². The van der Waals surface area contributed by atoms with Gasteiger partial charge in [-0.3, -0.25) is 14.9 Å². The molecular weight excluding hydrogens is 408 g/mol. The molecule has 0 fully saturated rings. The van der Waals surface area contributed by atoms with Crippen LogP contribution in [0.3, 0.4) is 0 Å². The highest BCUT2D eigenvalue weighted by atomic mass is 16.6. The first kappa shape index (κ1) is 22.9. The minimum Gasteiger partial charge on any atom is -0.452 e. The number of methoxy groups -OCH3 is 1. The minimum absolute atomic E-state index is 0.289. The smallest absolute Gasteiger partial charge is 0.421 e. The molecule has 0 N–H and O–H groups in total. The molecule has 0 saturated heterocycles. The number of benzene rings is 2. The van der Waals surface area contributed by atoms with Gasteiger partial charge in [-0.15, -0.1) is 6.58 Å². The second-order valence-corrected chi connectivity index (χ2v) is 7.99. The van der Waals surface area contributed by atoms with Gasteiger partial charge in [-0.1, -0.05) is 59.7 Å². The number of imide groups is 1. The van der Waals surface area contributed by atoms with Crippen molar-refractivity contribution in [2.75, 3.05) is 18.6 Å². The third kappa shape index (κ3) is 4.46. The van der Waals surface area contributed by atoms with Gasteiger partial charge in [0.25, 0.3) is 5.91 Å². The molecular formula is C25H26N2O5. The van der Waals surface area contributed by atoms with Crippen LogP contribution >= 0.6 is 0 Å². The quantitative estimate of drug-likeness (QED) is 0.258. The van der Waals surface area contributed by atoms with Crippen molar-refractivity contribution in [2.24, 2.45) is 5.92 Å². The summed E-state index contributed by atoms with van der Waals surface area (Å²) < 4.78 is 4.82. The number of rotatable bonds is 7. The van der Waals surface area contributed by atoms with Gasteiger partial charge in [-0.2, -0.15) is 0 Å². The van der Waals surface area contributed by atoms with Gasteiger partial charge in [0.15, 0.2) is 0 Å². The Kier molecular flexibility index (Phi) is 6.88. The van der Waals surface area contributed by atoms with Gasteiger partial charge < -0.3 is 4.74 Å². The van der Waals surface area contributed by atoms with Crippen molar-refractivity contribution >= 4 is 23.3 Å². The van der Waals surface area contributed by atoms with E-state index in [1.807, 2.05) is 44.2 Å². The minimum atomic E-state index is -0.772. The molecule has 1 aliphatic rings. The molecule has 2 aromatic rings. The average molecular weight is 434 g/mol.